The van der Waals surface area contributed by atoms with Crippen molar-refractivity contribution in [3.8, 4) is 5.75 Å². The fraction of sp³-hybridized carbons (Fsp3) is 0.385. The zero-order valence-corrected chi connectivity index (χ0v) is 10.7. The molecule has 0 saturated heterocycles. The van der Waals surface area contributed by atoms with Crippen molar-refractivity contribution >= 4 is 17.6 Å². The summed E-state index contributed by atoms with van der Waals surface area (Å²) >= 11 is 0. The van der Waals surface area contributed by atoms with E-state index in [1.165, 1.54) is 0 Å². The summed E-state index contributed by atoms with van der Waals surface area (Å²) < 4.78 is 10.1. The third-order valence-corrected chi connectivity index (χ3v) is 2.58. The van der Waals surface area contributed by atoms with Crippen LogP contribution in [0.3, 0.4) is 0 Å². The molecule has 1 aliphatic heterocycles. The maximum Gasteiger partial charge on any atom is 0.319 e. The Morgan fingerprint density at radius 2 is 2.37 bits per heavy atom. The van der Waals surface area contributed by atoms with Gasteiger partial charge in [-0.1, -0.05) is 6.07 Å². The van der Waals surface area contributed by atoms with Gasteiger partial charge in [0.05, 0.1) is 18.8 Å². The van der Waals surface area contributed by atoms with Crippen LogP contribution in [0.2, 0.25) is 0 Å². The van der Waals surface area contributed by atoms with Crippen molar-refractivity contribution in [2.24, 2.45) is 0 Å². The smallest absolute Gasteiger partial charge is 0.319 e. The Morgan fingerprint density at radius 3 is 3.16 bits per heavy atom. The summed E-state index contributed by atoms with van der Waals surface area (Å²) in [5, 5.41) is 5.71. The van der Waals surface area contributed by atoms with Crippen molar-refractivity contribution in [1.82, 2.24) is 5.32 Å². The summed E-state index contributed by atoms with van der Waals surface area (Å²) in [6.45, 7) is 2.87. The number of carbonyl (C=O) groups is 2. The van der Waals surface area contributed by atoms with Gasteiger partial charge in [-0.25, -0.2) is 0 Å². The molecule has 0 fully saturated rings. The zero-order chi connectivity index (χ0) is 13.7. The van der Waals surface area contributed by atoms with Crippen LogP contribution in [0.15, 0.2) is 18.2 Å². The predicted octanol–water partition coefficient (Wildman–Crippen LogP) is 0.670. The first-order valence-electron chi connectivity index (χ1n) is 6.11. The van der Waals surface area contributed by atoms with Gasteiger partial charge in [0.25, 0.3) is 5.91 Å². The largest absolute Gasteiger partial charge is 0.482 e. The predicted molar refractivity (Wildman–Crippen MR) is 68.9 cm³/mol. The summed E-state index contributed by atoms with van der Waals surface area (Å²) in [6, 6.07) is 5.51. The highest BCUT2D eigenvalue weighted by Gasteiger charge is 2.15. The van der Waals surface area contributed by atoms with Crippen molar-refractivity contribution < 1.29 is 19.1 Å². The van der Waals surface area contributed by atoms with Crippen LogP contribution in [0, 0.1) is 0 Å². The van der Waals surface area contributed by atoms with Crippen LogP contribution < -0.4 is 15.4 Å². The van der Waals surface area contributed by atoms with Crippen LogP contribution in [0.5, 0.6) is 5.75 Å². The molecule has 0 aliphatic carbocycles. The van der Waals surface area contributed by atoms with Gasteiger partial charge in [-0.15, -0.1) is 0 Å². The van der Waals surface area contributed by atoms with Gasteiger partial charge >= 0.3 is 5.97 Å². The molecule has 6 heteroatoms. The highest BCUT2D eigenvalue weighted by atomic mass is 16.5. The van der Waals surface area contributed by atoms with Crippen LogP contribution in [0.25, 0.3) is 0 Å². The molecule has 0 spiro atoms. The Morgan fingerprint density at radius 1 is 1.53 bits per heavy atom. The fourth-order valence-electron chi connectivity index (χ4n) is 1.76. The van der Waals surface area contributed by atoms with E-state index in [-0.39, 0.29) is 25.0 Å². The SMILES string of the molecule is CCOC(=O)CNCc1ccc2c(c1)NC(=O)CO2. The Balaban J connectivity index is 1.89. The lowest BCUT2D eigenvalue weighted by Crippen LogP contribution is -2.26. The van der Waals surface area contributed by atoms with E-state index in [1.807, 2.05) is 12.1 Å². The van der Waals surface area contributed by atoms with E-state index in [1.54, 1.807) is 13.0 Å². The van der Waals surface area contributed by atoms with E-state index < -0.39 is 0 Å². The summed E-state index contributed by atoms with van der Waals surface area (Å²) in [4.78, 5) is 22.3. The topological polar surface area (TPSA) is 76.7 Å². The summed E-state index contributed by atoms with van der Waals surface area (Å²) in [6.07, 6.45) is 0. The third kappa shape index (κ3) is 3.69. The second kappa shape index (κ2) is 6.19. The molecular formula is C13H16N2O4. The lowest BCUT2D eigenvalue weighted by atomic mass is 10.1. The second-order valence-corrected chi connectivity index (χ2v) is 4.08. The number of benzene rings is 1. The molecular weight excluding hydrogens is 248 g/mol. The number of hydrogen-bond acceptors (Lipinski definition) is 5. The maximum atomic E-state index is 11.2. The molecule has 19 heavy (non-hydrogen) atoms. The van der Waals surface area contributed by atoms with Gasteiger partial charge in [0.1, 0.15) is 5.75 Å². The molecule has 1 amide bonds. The molecule has 1 aromatic carbocycles. The number of fused-ring (bicyclic) bond motifs is 1. The lowest BCUT2D eigenvalue weighted by Gasteiger charge is -2.18. The zero-order valence-electron chi connectivity index (χ0n) is 10.7. The molecule has 1 aliphatic rings. The van der Waals surface area contributed by atoms with Crippen molar-refractivity contribution in [3.05, 3.63) is 23.8 Å². The number of esters is 1. The number of anilines is 1. The highest BCUT2D eigenvalue weighted by Crippen LogP contribution is 2.28. The molecule has 0 bridgehead atoms. The molecule has 0 atom stereocenters. The van der Waals surface area contributed by atoms with Gasteiger partial charge in [-0.2, -0.15) is 0 Å². The molecule has 1 aromatic rings. The van der Waals surface area contributed by atoms with E-state index in [2.05, 4.69) is 10.6 Å². The van der Waals surface area contributed by atoms with E-state index in [0.29, 0.717) is 24.6 Å². The first kappa shape index (κ1) is 13.4. The minimum atomic E-state index is -0.280. The Kier molecular flexibility index (Phi) is 4.35. The minimum absolute atomic E-state index is 0.0491. The minimum Gasteiger partial charge on any atom is -0.482 e. The number of hydrogen-bond donors (Lipinski definition) is 2. The van der Waals surface area contributed by atoms with E-state index >= 15 is 0 Å². The number of ether oxygens (including phenoxy) is 2. The Bertz CT molecular complexity index is 488. The van der Waals surface area contributed by atoms with Gasteiger partial charge in [0, 0.05) is 6.54 Å². The molecule has 0 unspecified atom stereocenters. The molecule has 1 heterocycles. The average Bonchev–Trinajstić information content (AvgIpc) is 2.38. The number of carbonyl (C=O) groups excluding carboxylic acids is 2. The van der Waals surface area contributed by atoms with Crippen LogP contribution in [0.1, 0.15) is 12.5 Å². The fourth-order valence-corrected chi connectivity index (χ4v) is 1.76. The highest BCUT2D eigenvalue weighted by molar-refractivity contribution is 5.95. The van der Waals surface area contributed by atoms with Crippen molar-refractivity contribution in [2.45, 2.75) is 13.5 Å². The van der Waals surface area contributed by atoms with Gasteiger partial charge < -0.3 is 20.1 Å². The van der Waals surface area contributed by atoms with Crippen LogP contribution in [0.4, 0.5) is 5.69 Å². The van der Waals surface area contributed by atoms with Gasteiger partial charge in [-0.05, 0) is 24.6 Å². The van der Waals surface area contributed by atoms with E-state index in [4.69, 9.17) is 9.47 Å². The quantitative estimate of drug-likeness (QED) is 0.764. The van der Waals surface area contributed by atoms with Gasteiger partial charge in [0.15, 0.2) is 6.61 Å². The molecule has 0 saturated carbocycles. The van der Waals surface area contributed by atoms with Crippen LogP contribution in [-0.4, -0.2) is 31.6 Å². The number of rotatable bonds is 5. The number of nitrogens with one attached hydrogen (secondary N) is 2. The third-order valence-electron chi connectivity index (χ3n) is 2.58. The summed E-state index contributed by atoms with van der Waals surface area (Å²) in [5.41, 5.74) is 1.61. The maximum absolute atomic E-state index is 11.2. The van der Waals surface area contributed by atoms with Crippen LogP contribution >= 0.6 is 0 Å². The molecule has 2 rings (SSSR count). The summed E-state index contributed by atoms with van der Waals surface area (Å²) in [5.74, 6) is 0.218. The second-order valence-electron chi connectivity index (χ2n) is 4.08. The lowest BCUT2D eigenvalue weighted by molar-refractivity contribution is -0.142. The van der Waals surface area contributed by atoms with Crippen molar-refractivity contribution in [1.29, 1.82) is 0 Å². The van der Waals surface area contributed by atoms with Crippen LogP contribution in [-0.2, 0) is 20.9 Å². The normalized spacial score (nSPS) is 13.2. The Hall–Kier alpha value is -2.08. The Labute approximate surface area is 111 Å². The van der Waals surface area contributed by atoms with E-state index in [0.717, 1.165) is 5.56 Å². The number of amides is 1. The first-order valence-corrected chi connectivity index (χ1v) is 6.11. The van der Waals surface area contributed by atoms with E-state index in [9.17, 15) is 9.59 Å². The van der Waals surface area contributed by atoms with Gasteiger partial charge in [0.2, 0.25) is 0 Å². The standard InChI is InChI=1S/C13H16N2O4/c1-2-18-13(17)7-14-6-9-3-4-11-10(5-9)15-12(16)8-19-11/h3-5,14H,2,6-8H2,1H3,(H,15,16). The molecule has 2 N–H and O–H groups in total. The summed E-state index contributed by atoms with van der Waals surface area (Å²) in [7, 11) is 0. The average molecular weight is 264 g/mol. The first-order chi connectivity index (χ1) is 9.19. The van der Waals surface area contributed by atoms with Crippen molar-refractivity contribution in [2.75, 3.05) is 25.1 Å². The van der Waals surface area contributed by atoms with Crippen molar-refractivity contribution in [3.63, 3.8) is 0 Å². The van der Waals surface area contributed by atoms with Gasteiger partial charge in [-0.3, -0.25) is 9.59 Å². The monoisotopic (exact) mass is 264 g/mol. The molecule has 102 valence electrons. The molecule has 0 aromatic heterocycles. The molecule has 0 radical (unpaired) electrons. The molecule has 6 nitrogen and oxygen atoms in total.